The van der Waals surface area contributed by atoms with Crippen LogP contribution in [0, 0.1) is 0 Å². The number of benzene rings is 1. The van der Waals surface area contributed by atoms with Crippen LogP contribution >= 0.6 is 0 Å². The van der Waals surface area contributed by atoms with Crippen molar-refractivity contribution in [2.45, 2.75) is 0 Å². The van der Waals surface area contributed by atoms with Crippen LogP contribution in [0.25, 0.3) is 0 Å². The van der Waals surface area contributed by atoms with Crippen molar-refractivity contribution in [1.82, 2.24) is 0 Å². The molecule has 0 aliphatic heterocycles. The van der Waals surface area contributed by atoms with Gasteiger partial charge in [0.25, 0.3) is 0 Å². The first-order chi connectivity index (χ1) is 6.30. The van der Waals surface area contributed by atoms with Crippen molar-refractivity contribution in [3.63, 3.8) is 0 Å². The summed E-state index contributed by atoms with van der Waals surface area (Å²) in [5.74, 6) is -0.879. The third-order valence-corrected chi connectivity index (χ3v) is 1.02. The van der Waals surface area contributed by atoms with Crippen molar-refractivity contribution in [2.24, 2.45) is 11.5 Å². The van der Waals surface area contributed by atoms with Crippen LogP contribution in [0.1, 0.15) is 10.4 Å². The lowest BCUT2D eigenvalue weighted by atomic mass is 10.2. The lowest BCUT2D eigenvalue weighted by Gasteiger charge is -1.88. The first-order valence-corrected chi connectivity index (χ1v) is 3.74. The fraction of sp³-hybridized carbons (Fsp3) is 0.222. The lowest BCUT2D eigenvalue weighted by molar-refractivity contribution is 0.0697. The van der Waals surface area contributed by atoms with Crippen LogP contribution in [0.4, 0.5) is 0 Å². The van der Waals surface area contributed by atoms with Crippen LogP contribution in [0.5, 0.6) is 0 Å². The fourth-order valence-electron chi connectivity index (χ4n) is 0.581. The molecular weight excluding hydrogens is 168 g/mol. The average Bonchev–Trinajstić information content (AvgIpc) is 2.25. The maximum Gasteiger partial charge on any atom is 0.335 e. The molecule has 1 aromatic carbocycles. The zero-order chi connectivity index (χ0) is 10.7. The number of carbonyl (C=O) groups is 1. The van der Waals surface area contributed by atoms with E-state index in [4.69, 9.17) is 5.11 Å². The molecule has 0 saturated carbocycles. The third-order valence-electron chi connectivity index (χ3n) is 1.02. The van der Waals surface area contributed by atoms with Gasteiger partial charge in [0.2, 0.25) is 0 Å². The Hall–Kier alpha value is -1.39. The molecule has 4 nitrogen and oxygen atoms in total. The number of hydrogen-bond acceptors (Lipinski definition) is 3. The number of carboxylic acid groups (broad SMARTS) is 1. The molecule has 5 N–H and O–H groups in total. The Balaban J connectivity index is 0. The molecule has 0 heterocycles. The molecule has 0 aliphatic rings. The van der Waals surface area contributed by atoms with Gasteiger partial charge in [0.15, 0.2) is 0 Å². The molecular formula is C9H16N2O2. The summed E-state index contributed by atoms with van der Waals surface area (Å²) in [5, 5.41) is 8.38. The van der Waals surface area contributed by atoms with E-state index in [2.05, 4.69) is 11.5 Å². The second-order valence-corrected chi connectivity index (χ2v) is 1.67. The first-order valence-electron chi connectivity index (χ1n) is 3.74. The van der Waals surface area contributed by atoms with Crippen LogP contribution < -0.4 is 11.5 Å². The molecule has 0 radical (unpaired) electrons. The molecule has 1 rings (SSSR count). The minimum absolute atomic E-state index is 0.331. The Labute approximate surface area is 78.2 Å². The van der Waals surface area contributed by atoms with Crippen LogP contribution in [-0.4, -0.2) is 25.2 Å². The van der Waals surface area contributed by atoms with Gasteiger partial charge in [0.1, 0.15) is 0 Å². The van der Waals surface area contributed by atoms with Crippen molar-refractivity contribution in [1.29, 1.82) is 0 Å². The van der Waals surface area contributed by atoms with Crippen LogP contribution in [0.3, 0.4) is 0 Å². The Morgan fingerprint density at radius 1 is 1.08 bits per heavy atom. The molecule has 0 saturated heterocycles. The van der Waals surface area contributed by atoms with E-state index < -0.39 is 5.97 Å². The van der Waals surface area contributed by atoms with Crippen LogP contribution in [0.2, 0.25) is 0 Å². The molecule has 0 fully saturated rings. The zero-order valence-corrected chi connectivity index (χ0v) is 7.90. The molecule has 0 atom stereocenters. The van der Waals surface area contributed by atoms with Crippen molar-refractivity contribution >= 4 is 5.97 Å². The first kappa shape index (κ1) is 14.2. The van der Waals surface area contributed by atoms with Crippen molar-refractivity contribution in [3.05, 3.63) is 35.9 Å². The molecule has 4 heteroatoms. The van der Waals surface area contributed by atoms with E-state index in [-0.39, 0.29) is 0 Å². The van der Waals surface area contributed by atoms with Gasteiger partial charge in [-0.05, 0) is 26.2 Å². The zero-order valence-electron chi connectivity index (χ0n) is 7.90. The van der Waals surface area contributed by atoms with Gasteiger partial charge >= 0.3 is 5.97 Å². The summed E-state index contributed by atoms with van der Waals surface area (Å²) >= 11 is 0. The Morgan fingerprint density at radius 3 is 1.69 bits per heavy atom. The highest BCUT2D eigenvalue weighted by atomic mass is 16.4. The monoisotopic (exact) mass is 184 g/mol. The van der Waals surface area contributed by atoms with Gasteiger partial charge in [-0.25, -0.2) is 4.79 Å². The Kier molecular flexibility index (Phi) is 11.6. The topological polar surface area (TPSA) is 89.3 Å². The fourth-order valence-corrected chi connectivity index (χ4v) is 0.581. The number of nitrogens with two attached hydrogens (primary N) is 2. The van der Waals surface area contributed by atoms with Crippen LogP contribution in [0.15, 0.2) is 30.3 Å². The molecule has 0 unspecified atom stereocenters. The highest BCUT2D eigenvalue weighted by Gasteiger charge is 1.96. The van der Waals surface area contributed by atoms with E-state index in [0.717, 1.165) is 0 Å². The summed E-state index contributed by atoms with van der Waals surface area (Å²) in [5.41, 5.74) is 9.33. The Morgan fingerprint density at radius 2 is 1.46 bits per heavy atom. The number of rotatable bonds is 1. The van der Waals surface area contributed by atoms with E-state index >= 15 is 0 Å². The minimum atomic E-state index is -0.879. The van der Waals surface area contributed by atoms with Crippen LogP contribution in [-0.2, 0) is 0 Å². The third kappa shape index (κ3) is 6.99. The molecule has 0 amide bonds. The van der Waals surface area contributed by atoms with Crippen molar-refractivity contribution < 1.29 is 9.90 Å². The largest absolute Gasteiger partial charge is 0.478 e. The van der Waals surface area contributed by atoms with Gasteiger partial charge in [0, 0.05) is 0 Å². The smallest absolute Gasteiger partial charge is 0.335 e. The summed E-state index contributed by atoms with van der Waals surface area (Å²) in [7, 11) is 3.00. The Bertz CT molecular complexity index is 212. The lowest BCUT2D eigenvalue weighted by Crippen LogP contribution is -1.93. The molecule has 74 valence electrons. The molecule has 0 spiro atoms. The number of carboxylic acids is 1. The predicted molar refractivity (Wildman–Crippen MR) is 53.6 cm³/mol. The van der Waals surface area contributed by atoms with Gasteiger partial charge < -0.3 is 16.6 Å². The quantitative estimate of drug-likeness (QED) is 0.594. The summed E-state index contributed by atoms with van der Waals surface area (Å²) < 4.78 is 0. The number of aromatic carboxylic acids is 1. The van der Waals surface area contributed by atoms with Gasteiger partial charge in [0.05, 0.1) is 5.56 Å². The molecule has 1 aromatic rings. The molecule has 0 aliphatic carbocycles. The van der Waals surface area contributed by atoms with Gasteiger partial charge in [-0.2, -0.15) is 0 Å². The van der Waals surface area contributed by atoms with E-state index in [1.165, 1.54) is 14.1 Å². The second kappa shape index (κ2) is 10.6. The van der Waals surface area contributed by atoms with Gasteiger partial charge in [-0.15, -0.1) is 0 Å². The van der Waals surface area contributed by atoms with Crippen molar-refractivity contribution in [3.8, 4) is 0 Å². The number of hydrogen-bond donors (Lipinski definition) is 3. The van der Waals surface area contributed by atoms with E-state index in [0.29, 0.717) is 5.56 Å². The summed E-state index contributed by atoms with van der Waals surface area (Å²) in [6.07, 6.45) is 0. The van der Waals surface area contributed by atoms with Gasteiger partial charge in [-0.1, -0.05) is 18.2 Å². The second-order valence-electron chi connectivity index (χ2n) is 1.67. The van der Waals surface area contributed by atoms with E-state index in [9.17, 15) is 4.79 Å². The standard InChI is InChI=1S/C7H6O2.2CH5N/c8-7(9)6-4-2-1-3-5-6;2*1-2/h1-5H,(H,8,9);2*2H2,1H3. The maximum absolute atomic E-state index is 10.2. The summed E-state index contributed by atoms with van der Waals surface area (Å²) in [6, 6.07) is 8.30. The SMILES string of the molecule is CN.CN.O=C(O)c1ccccc1. The van der Waals surface area contributed by atoms with Gasteiger partial charge in [-0.3, -0.25) is 0 Å². The normalized spacial score (nSPS) is 7.08. The van der Waals surface area contributed by atoms with E-state index in [1.54, 1.807) is 30.3 Å². The average molecular weight is 184 g/mol. The molecule has 0 aromatic heterocycles. The molecule has 0 bridgehead atoms. The van der Waals surface area contributed by atoms with Crippen molar-refractivity contribution in [2.75, 3.05) is 14.1 Å². The summed E-state index contributed by atoms with van der Waals surface area (Å²) in [4.78, 5) is 10.2. The predicted octanol–water partition coefficient (Wildman–Crippen LogP) is 0.535. The minimum Gasteiger partial charge on any atom is -0.478 e. The maximum atomic E-state index is 10.2. The highest BCUT2D eigenvalue weighted by Crippen LogP contribution is 1.96. The van der Waals surface area contributed by atoms with E-state index in [1.807, 2.05) is 0 Å². The highest BCUT2D eigenvalue weighted by molar-refractivity contribution is 5.87. The molecule has 13 heavy (non-hydrogen) atoms. The summed E-state index contributed by atoms with van der Waals surface area (Å²) in [6.45, 7) is 0.